The smallest absolute Gasteiger partial charge is 0.283 e. The molecule has 1 rings (SSSR count). The lowest BCUT2D eigenvalue weighted by molar-refractivity contribution is 0.501. The van der Waals surface area contributed by atoms with Crippen molar-refractivity contribution in [3.05, 3.63) is 33.7 Å². The summed E-state index contributed by atoms with van der Waals surface area (Å²) in [4.78, 5) is 12.0. The molecule has 1 aromatic rings. The highest BCUT2D eigenvalue weighted by molar-refractivity contribution is 9.10. The number of anilines is 1. The minimum Gasteiger partial charge on any atom is -0.380 e. The van der Waals surface area contributed by atoms with E-state index in [1.807, 2.05) is 26.8 Å². The molecule has 0 saturated heterocycles. The molecule has 0 spiro atoms. The van der Waals surface area contributed by atoms with Crippen LogP contribution in [0.5, 0.6) is 0 Å². The fourth-order valence-corrected chi connectivity index (χ4v) is 1.89. The summed E-state index contributed by atoms with van der Waals surface area (Å²) < 4.78 is 1.98. The quantitative estimate of drug-likeness (QED) is 0.850. The summed E-state index contributed by atoms with van der Waals surface area (Å²) in [5, 5.41) is 7.36. The number of hydrogen-bond donors (Lipinski definition) is 1. The van der Waals surface area contributed by atoms with E-state index in [1.54, 1.807) is 6.20 Å². The lowest BCUT2D eigenvalue weighted by Gasteiger charge is -2.16. The van der Waals surface area contributed by atoms with Gasteiger partial charge in [0, 0.05) is 6.04 Å². The molecule has 1 unspecified atom stereocenters. The van der Waals surface area contributed by atoms with Crippen LogP contribution in [0.1, 0.15) is 33.2 Å². The molecule has 0 bridgehead atoms. The lowest BCUT2D eigenvalue weighted by Crippen LogP contribution is -2.27. The van der Waals surface area contributed by atoms with Crippen LogP contribution >= 0.6 is 15.9 Å². The molecule has 0 aliphatic carbocycles. The largest absolute Gasteiger partial charge is 0.380 e. The van der Waals surface area contributed by atoms with E-state index in [2.05, 4.69) is 32.9 Å². The van der Waals surface area contributed by atoms with Crippen molar-refractivity contribution < 1.29 is 0 Å². The highest BCUT2D eigenvalue weighted by Crippen LogP contribution is 2.18. The number of rotatable bonds is 5. The number of aromatic nitrogens is 2. The molecular formula is C12H18BrN3O. The SMILES string of the molecule is C=CCC(C)Nc1cnn(C(C)C)c(=O)c1Br. The molecule has 0 aromatic carbocycles. The average Bonchev–Trinajstić information content (AvgIpc) is 2.25. The highest BCUT2D eigenvalue weighted by atomic mass is 79.9. The van der Waals surface area contributed by atoms with Gasteiger partial charge in [-0.2, -0.15) is 5.10 Å². The summed E-state index contributed by atoms with van der Waals surface area (Å²) in [5.74, 6) is 0. The molecule has 94 valence electrons. The topological polar surface area (TPSA) is 46.9 Å². The fourth-order valence-electron chi connectivity index (χ4n) is 1.49. The van der Waals surface area contributed by atoms with E-state index in [1.165, 1.54) is 4.68 Å². The second kappa shape index (κ2) is 6.00. The van der Waals surface area contributed by atoms with Gasteiger partial charge in [0.25, 0.3) is 5.56 Å². The molecule has 5 heteroatoms. The zero-order chi connectivity index (χ0) is 13.0. The van der Waals surface area contributed by atoms with Crippen molar-refractivity contribution in [3.63, 3.8) is 0 Å². The fraction of sp³-hybridized carbons (Fsp3) is 0.500. The molecule has 1 aromatic heterocycles. The van der Waals surface area contributed by atoms with Crippen molar-refractivity contribution in [1.82, 2.24) is 9.78 Å². The molecule has 0 amide bonds. The third kappa shape index (κ3) is 3.43. The van der Waals surface area contributed by atoms with Crippen LogP contribution in [0.2, 0.25) is 0 Å². The first kappa shape index (κ1) is 14.0. The van der Waals surface area contributed by atoms with Crippen LogP contribution in [0.25, 0.3) is 0 Å². The van der Waals surface area contributed by atoms with Gasteiger partial charge in [-0.15, -0.1) is 6.58 Å². The Kier molecular flexibility index (Phi) is 4.93. The Balaban J connectivity index is 3.01. The highest BCUT2D eigenvalue weighted by Gasteiger charge is 2.11. The van der Waals surface area contributed by atoms with Crippen LogP contribution < -0.4 is 10.9 Å². The van der Waals surface area contributed by atoms with Gasteiger partial charge in [0.15, 0.2) is 0 Å². The molecule has 4 nitrogen and oxygen atoms in total. The second-order valence-corrected chi connectivity index (χ2v) is 5.08. The molecule has 1 N–H and O–H groups in total. The standard InChI is InChI=1S/C12H18BrN3O/c1-5-6-9(4)15-10-7-14-16(8(2)3)12(17)11(10)13/h5,7-9,15H,1,6H2,2-4H3. The zero-order valence-corrected chi connectivity index (χ0v) is 12.0. The number of halogens is 1. The third-order valence-electron chi connectivity index (χ3n) is 2.35. The first-order chi connectivity index (χ1) is 7.97. The van der Waals surface area contributed by atoms with Crippen LogP contribution in [0.3, 0.4) is 0 Å². The third-order valence-corrected chi connectivity index (χ3v) is 3.12. The van der Waals surface area contributed by atoms with Crippen molar-refractivity contribution in [2.24, 2.45) is 0 Å². The predicted molar refractivity (Wildman–Crippen MR) is 74.5 cm³/mol. The minimum absolute atomic E-state index is 0.0541. The maximum atomic E-state index is 12.0. The van der Waals surface area contributed by atoms with Gasteiger partial charge in [-0.25, -0.2) is 4.68 Å². The minimum atomic E-state index is -0.115. The monoisotopic (exact) mass is 299 g/mol. The maximum Gasteiger partial charge on any atom is 0.283 e. The Morgan fingerprint density at radius 3 is 2.76 bits per heavy atom. The van der Waals surface area contributed by atoms with Gasteiger partial charge in [-0.3, -0.25) is 4.79 Å². The maximum absolute atomic E-state index is 12.0. The lowest BCUT2D eigenvalue weighted by atomic mass is 10.2. The van der Waals surface area contributed by atoms with E-state index in [-0.39, 0.29) is 17.6 Å². The summed E-state index contributed by atoms with van der Waals surface area (Å²) in [6.45, 7) is 9.57. The number of hydrogen-bond acceptors (Lipinski definition) is 3. The summed E-state index contributed by atoms with van der Waals surface area (Å²) in [7, 11) is 0. The normalized spacial score (nSPS) is 12.5. The second-order valence-electron chi connectivity index (χ2n) is 4.29. The Bertz CT molecular complexity index is 454. The van der Waals surface area contributed by atoms with Gasteiger partial charge in [-0.1, -0.05) is 6.08 Å². The molecule has 1 atom stereocenters. The van der Waals surface area contributed by atoms with Crippen molar-refractivity contribution in [2.45, 2.75) is 39.3 Å². The molecular weight excluding hydrogens is 282 g/mol. The van der Waals surface area contributed by atoms with Gasteiger partial charge in [0.1, 0.15) is 4.47 Å². The van der Waals surface area contributed by atoms with Crippen molar-refractivity contribution in [2.75, 3.05) is 5.32 Å². The first-order valence-electron chi connectivity index (χ1n) is 5.62. The van der Waals surface area contributed by atoms with Gasteiger partial charge >= 0.3 is 0 Å². The molecule has 0 radical (unpaired) electrons. The Hall–Kier alpha value is -1.10. The first-order valence-corrected chi connectivity index (χ1v) is 6.41. The van der Waals surface area contributed by atoms with E-state index in [0.717, 1.165) is 12.1 Å². The van der Waals surface area contributed by atoms with E-state index in [4.69, 9.17) is 0 Å². The summed E-state index contributed by atoms with van der Waals surface area (Å²) in [6, 6.07) is 0.276. The predicted octanol–water partition coefficient (Wildman–Crippen LogP) is 2.96. The van der Waals surface area contributed by atoms with E-state index >= 15 is 0 Å². The van der Waals surface area contributed by atoms with Crippen LogP contribution in [-0.2, 0) is 0 Å². The summed E-state index contributed by atoms with van der Waals surface area (Å²) in [5.41, 5.74) is 0.608. The van der Waals surface area contributed by atoms with E-state index in [9.17, 15) is 4.79 Å². The van der Waals surface area contributed by atoms with Crippen LogP contribution in [0, 0.1) is 0 Å². The summed E-state index contributed by atoms with van der Waals surface area (Å²) >= 11 is 3.32. The molecule has 0 aliphatic rings. The van der Waals surface area contributed by atoms with Crippen LogP contribution in [0.4, 0.5) is 5.69 Å². The molecule has 0 aliphatic heterocycles. The van der Waals surface area contributed by atoms with Crippen LogP contribution in [0.15, 0.2) is 28.1 Å². The molecule has 17 heavy (non-hydrogen) atoms. The van der Waals surface area contributed by atoms with Crippen LogP contribution in [-0.4, -0.2) is 15.8 Å². The van der Waals surface area contributed by atoms with E-state index < -0.39 is 0 Å². The van der Waals surface area contributed by atoms with Gasteiger partial charge in [-0.05, 0) is 43.1 Å². The number of nitrogens with one attached hydrogen (secondary N) is 1. The molecule has 0 fully saturated rings. The Morgan fingerprint density at radius 1 is 1.59 bits per heavy atom. The van der Waals surface area contributed by atoms with Crippen molar-refractivity contribution in [1.29, 1.82) is 0 Å². The van der Waals surface area contributed by atoms with Gasteiger partial charge < -0.3 is 5.32 Å². The van der Waals surface area contributed by atoms with Crippen molar-refractivity contribution >= 4 is 21.6 Å². The van der Waals surface area contributed by atoms with Gasteiger partial charge in [0.2, 0.25) is 0 Å². The Morgan fingerprint density at radius 2 is 2.24 bits per heavy atom. The molecule has 1 heterocycles. The van der Waals surface area contributed by atoms with Gasteiger partial charge in [0.05, 0.1) is 17.9 Å². The number of nitrogens with zero attached hydrogens (tertiary/aromatic N) is 2. The summed E-state index contributed by atoms with van der Waals surface area (Å²) in [6.07, 6.45) is 4.35. The van der Waals surface area contributed by atoms with E-state index in [0.29, 0.717) is 4.47 Å². The Labute approximate surface area is 110 Å². The van der Waals surface area contributed by atoms with Crippen molar-refractivity contribution in [3.8, 4) is 0 Å². The average molecular weight is 300 g/mol. The molecule has 0 saturated carbocycles. The zero-order valence-electron chi connectivity index (χ0n) is 10.4.